The standard InChI is InChI=1S/C28H32N4O4S2.C26H37N5O3S2/c1-5-21(33)14-18-6-8-20(9-7-18)26(35)32-12-10-19(11-13-32)25(34)31-27-30-16-24(38-27)37-17-23-29-15-22(36-23)28(2,3)4;1-5-22(32)31-10-6-7-18(16-31)15-30-11-8-19(9-12-30)24(33)29-25-28-14-23(36-25)35-17-21-27-13-20(34-21)26(2,3)4/h5-9,15-16,19H,1,10-14,17H2,2-4H3,(H,30,31,34);5,13-14,18-19H,1,6-12,15-17H2,2-4H3,(H,28,29,33). The highest BCUT2D eigenvalue weighted by atomic mass is 32.2. The number of thiazole rings is 2. The third-order valence-corrected chi connectivity index (χ3v) is 17.3. The molecule has 1 atom stereocenters. The van der Waals surface area contributed by atoms with Gasteiger partial charge in [0.2, 0.25) is 29.5 Å². The number of nitrogens with zero attached hydrogens (tertiary/aromatic N) is 7. The Bertz CT molecular complexity index is 2720. The van der Waals surface area contributed by atoms with Crippen molar-refractivity contribution < 1.29 is 32.8 Å². The minimum atomic E-state index is -0.172. The van der Waals surface area contributed by atoms with Gasteiger partial charge in [-0.05, 0) is 87.4 Å². The molecular weight excluding hydrogens is 1010 g/mol. The van der Waals surface area contributed by atoms with Gasteiger partial charge in [-0.15, -0.1) is 23.5 Å². The third kappa shape index (κ3) is 16.3. The number of rotatable bonds is 17. The maximum atomic E-state index is 12.9. The Morgan fingerprint density at radius 3 is 1.66 bits per heavy atom. The van der Waals surface area contributed by atoms with E-state index in [1.165, 1.54) is 34.8 Å². The zero-order valence-corrected chi connectivity index (χ0v) is 46.6. The van der Waals surface area contributed by atoms with E-state index in [0.717, 1.165) is 83.9 Å². The molecule has 7 heterocycles. The van der Waals surface area contributed by atoms with Crippen molar-refractivity contribution in [2.24, 2.45) is 17.8 Å². The summed E-state index contributed by atoms with van der Waals surface area (Å²) < 4.78 is 13.7. The zero-order chi connectivity index (χ0) is 53.0. The first-order valence-electron chi connectivity index (χ1n) is 25.2. The smallest absolute Gasteiger partial charge is 0.253 e. The number of anilines is 2. The average Bonchev–Trinajstić information content (AvgIpc) is 4.24. The summed E-state index contributed by atoms with van der Waals surface area (Å²) in [5, 5.41) is 7.16. The Morgan fingerprint density at radius 2 is 1.19 bits per heavy atom. The Morgan fingerprint density at radius 1 is 0.676 bits per heavy atom. The molecule has 1 unspecified atom stereocenters. The Labute approximate surface area is 451 Å². The second kappa shape index (κ2) is 25.9. The largest absolute Gasteiger partial charge is 0.444 e. The van der Waals surface area contributed by atoms with Crippen molar-refractivity contribution in [1.29, 1.82) is 0 Å². The number of amides is 4. The fraction of sp³-hybridized carbons (Fsp3) is 0.500. The summed E-state index contributed by atoms with van der Waals surface area (Å²) in [5.74, 6) is 4.56. The third-order valence-electron chi connectivity index (χ3n) is 13.1. The fourth-order valence-corrected chi connectivity index (χ4v) is 12.2. The lowest BCUT2D eigenvalue weighted by atomic mass is 9.93. The van der Waals surface area contributed by atoms with Gasteiger partial charge in [0, 0.05) is 67.4 Å². The lowest BCUT2D eigenvalue weighted by molar-refractivity contribution is -0.128. The molecule has 4 aromatic heterocycles. The van der Waals surface area contributed by atoms with Gasteiger partial charge in [0.1, 0.15) is 11.5 Å². The van der Waals surface area contributed by atoms with Gasteiger partial charge in [0.25, 0.3) is 5.91 Å². The van der Waals surface area contributed by atoms with E-state index >= 15 is 0 Å². The van der Waals surface area contributed by atoms with Crippen molar-refractivity contribution in [3.8, 4) is 0 Å². The molecule has 3 aliphatic rings. The molecule has 4 amide bonds. The lowest BCUT2D eigenvalue weighted by Crippen LogP contribution is -2.45. The van der Waals surface area contributed by atoms with Crippen LogP contribution in [0.5, 0.6) is 0 Å². The molecular formula is C54H69N9O7S4. The van der Waals surface area contributed by atoms with E-state index < -0.39 is 0 Å². The summed E-state index contributed by atoms with van der Waals surface area (Å²) in [6.45, 7) is 25.1. The molecule has 3 saturated heterocycles. The van der Waals surface area contributed by atoms with Crippen LogP contribution in [0.4, 0.5) is 10.3 Å². The summed E-state index contributed by atoms with van der Waals surface area (Å²) in [6, 6.07) is 7.08. The van der Waals surface area contributed by atoms with Gasteiger partial charge in [0.15, 0.2) is 16.0 Å². The molecule has 74 heavy (non-hydrogen) atoms. The second-order valence-corrected chi connectivity index (χ2v) is 25.6. The number of carbonyl (C=O) groups is 5. The number of hydrogen-bond acceptors (Lipinski definition) is 16. The van der Waals surface area contributed by atoms with E-state index in [-0.39, 0.29) is 58.5 Å². The Kier molecular flexibility index (Phi) is 19.7. The lowest BCUT2D eigenvalue weighted by Gasteiger charge is -2.37. The maximum Gasteiger partial charge on any atom is 0.253 e. The zero-order valence-electron chi connectivity index (χ0n) is 43.4. The molecule has 16 nitrogen and oxygen atoms in total. The molecule has 0 spiro atoms. The second-order valence-electron chi connectivity index (χ2n) is 20.9. The summed E-state index contributed by atoms with van der Waals surface area (Å²) in [7, 11) is 0. The van der Waals surface area contributed by atoms with Crippen molar-refractivity contribution in [2.45, 2.75) is 117 Å². The van der Waals surface area contributed by atoms with E-state index in [1.807, 2.05) is 4.90 Å². The SMILES string of the molecule is C=CC(=O)Cc1ccc(C(=O)N2CCC(C(=O)Nc3ncc(SCc4ncc(C(C)(C)C)o4)s3)CC2)cc1.C=CC(=O)N1CCCC(CN2CCC(C(=O)Nc3ncc(SCc4ncc(C(C)(C)C)o4)s3)CC2)C1. The van der Waals surface area contributed by atoms with Crippen molar-refractivity contribution >= 4 is 85.9 Å². The summed E-state index contributed by atoms with van der Waals surface area (Å²) in [4.78, 5) is 85.7. The molecule has 0 aliphatic carbocycles. The van der Waals surface area contributed by atoms with E-state index in [4.69, 9.17) is 8.83 Å². The topological polar surface area (TPSA) is 197 Å². The predicted octanol–water partition coefficient (Wildman–Crippen LogP) is 10.3. The van der Waals surface area contributed by atoms with Crippen molar-refractivity contribution in [3.63, 3.8) is 0 Å². The maximum absolute atomic E-state index is 12.9. The quantitative estimate of drug-likeness (QED) is 0.0659. The molecule has 1 aromatic carbocycles. The molecule has 3 fully saturated rings. The minimum Gasteiger partial charge on any atom is -0.444 e. The molecule has 0 saturated carbocycles. The number of ketones is 1. The first-order valence-corrected chi connectivity index (χ1v) is 28.8. The molecule has 3 aliphatic heterocycles. The van der Waals surface area contributed by atoms with Crippen LogP contribution >= 0.6 is 46.2 Å². The molecule has 5 aromatic rings. The number of carbonyl (C=O) groups excluding carboxylic acids is 5. The van der Waals surface area contributed by atoms with Gasteiger partial charge in [-0.2, -0.15) is 0 Å². The molecule has 20 heteroatoms. The number of benzene rings is 1. The van der Waals surface area contributed by atoms with Gasteiger partial charge in [-0.3, -0.25) is 24.0 Å². The van der Waals surface area contributed by atoms with Gasteiger partial charge in [-0.1, -0.05) is 89.5 Å². The van der Waals surface area contributed by atoms with Crippen LogP contribution in [-0.2, 0) is 47.9 Å². The number of likely N-dealkylation sites (tertiary alicyclic amines) is 3. The van der Waals surface area contributed by atoms with E-state index in [9.17, 15) is 24.0 Å². The van der Waals surface area contributed by atoms with E-state index in [1.54, 1.807) is 77.5 Å². The fourth-order valence-electron chi connectivity index (χ4n) is 8.75. The highest BCUT2D eigenvalue weighted by molar-refractivity contribution is 8.00. The number of hydrogen-bond donors (Lipinski definition) is 2. The van der Waals surface area contributed by atoms with Crippen molar-refractivity contribution in [3.05, 3.63) is 109 Å². The number of thioether (sulfide) groups is 2. The van der Waals surface area contributed by atoms with E-state index in [2.05, 4.69) is 90.2 Å². The minimum absolute atomic E-state index is 0.00888. The van der Waals surface area contributed by atoms with Crippen LogP contribution in [-0.4, -0.2) is 110 Å². The molecule has 396 valence electrons. The van der Waals surface area contributed by atoms with Crippen LogP contribution in [0, 0.1) is 17.8 Å². The number of aromatic nitrogens is 4. The Balaban J connectivity index is 0.000000217. The number of oxazole rings is 2. The van der Waals surface area contributed by atoms with Gasteiger partial charge < -0.3 is 34.2 Å². The number of nitrogens with one attached hydrogen (secondary N) is 2. The first-order chi connectivity index (χ1) is 35.3. The molecule has 8 rings (SSSR count). The Hall–Kier alpha value is -5.41. The highest BCUT2D eigenvalue weighted by Crippen LogP contribution is 2.35. The van der Waals surface area contributed by atoms with Crippen LogP contribution in [0.2, 0.25) is 0 Å². The van der Waals surface area contributed by atoms with Crippen LogP contribution in [0.15, 0.2) is 91.6 Å². The summed E-state index contributed by atoms with van der Waals surface area (Å²) >= 11 is 6.09. The monoisotopic (exact) mass is 1080 g/mol. The van der Waals surface area contributed by atoms with Crippen LogP contribution in [0.1, 0.15) is 119 Å². The van der Waals surface area contributed by atoms with Gasteiger partial charge >= 0.3 is 0 Å². The average molecular weight is 1080 g/mol. The van der Waals surface area contributed by atoms with Gasteiger partial charge in [0.05, 0.1) is 44.7 Å². The van der Waals surface area contributed by atoms with Crippen molar-refractivity contribution in [2.75, 3.05) is 56.4 Å². The number of allylic oxidation sites excluding steroid dienone is 1. The van der Waals surface area contributed by atoms with Crippen LogP contribution < -0.4 is 10.6 Å². The van der Waals surface area contributed by atoms with Crippen LogP contribution in [0.3, 0.4) is 0 Å². The predicted molar refractivity (Wildman–Crippen MR) is 294 cm³/mol. The van der Waals surface area contributed by atoms with Crippen LogP contribution in [0.25, 0.3) is 0 Å². The summed E-state index contributed by atoms with van der Waals surface area (Å²) in [5.41, 5.74) is 1.28. The molecule has 2 N–H and O–H groups in total. The normalized spacial score (nSPS) is 17.0. The number of piperidine rings is 3. The first kappa shape index (κ1) is 56.3. The molecule has 0 bridgehead atoms. The molecule has 0 radical (unpaired) electrons. The van der Waals surface area contributed by atoms with Gasteiger partial charge in [-0.25, -0.2) is 19.9 Å². The summed E-state index contributed by atoms with van der Waals surface area (Å²) in [6.07, 6.45) is 15.2. The van der Waals surface area contributed by atoms with E-state index in [0.29, 0.717) is 71.0 Å². The highest BCUT2D eigenvalue weighted by Gasteiger charge is 2.31. The van der Waals surface area contributed by atoms with Crippen molar-refractivity contribution in [1.82, 2.24) is 34.6 Å².